The zero-order valence-corrected chi connectivity index (χ0v) is 6.31. The molecule has 52 valence electrons. The number of nitrogens with one attached hydrogen (secondary N) is 1. The van der Waals surface area contributed by atoms with Gasteiger partial charge in [-0.25, -0.2) is 0 Å². The third-order valence-corrected chi connectivity index (χ3v) is 1.70. The van der Waals surface area contributed by atoms with Gasteiger partial charge in [-0.3, -0.25) is 4.99 Å². The first kappa shape index (κ1) is 6.59. The summed E-state index contributed by atoms with van der Waals surface area (Å²) in [6.45, 7) is 7.60. The van der Waals surface area contributed by atoms with Crippen molar-refractivity contribution in [2.45, 2.75) is 26.8 Å². The predicted molar refractivity (Wildman–Crippen MR) is 39.7 cm³/mol. The van der Waals surface area contributed by atoms with E-state index in [1.165, 1.54) is 0 Å². The Kier molecular flexibility index (Phi) is 1.47. The van der Waals surface area contributed by atoms with Crippen molar-refractivity contribution in [2.75, 3.05) is 6.54 Å². The van der Waals surface area contributed by atoms with E-state index in [1.54, 1.807) is 6.34 Å². The molecule has 2 heteroatoms. The lowest BCUT2D eigenvalue weighted by Crippen LogP contribution is -2.37. The molecule has 0 bridgehead atoms. The van der Waals surface area contributed by atoms with Gasteiger partial charge in [-0.2, -0.15) is 0 Å². The molecule has 0 aromatic carbocycles. The van der Waals surface area contributed by atoms with Gasteiger partial charge in [0, 0.05) is 0 Å². The fraction of sp³-hybridized carbons (Fsp3) is 0.857. The SMILES string of the molecule is CC(C)(C)C1CN=CN1. The summed E-state index contributed by atoms with van der Waals surface area (Å²) in [4.78, 5) is 4.10. The van der Waals surface area contributed by atoms with Crippen molar-refractivity contribution in [2.24, 2.45) is 10.4 Å². The van der Waals surface area contributed by atoms with Gasteiger partial charge in [-0.05, 0) is 5.41 Å². The molecular weight excluding hydrogens is 112 g/mol. The molecule has 1 atom stereocenters. The Bertz CT molecular complexity index is 113. The second-order valence-corrected chi connectivity index (χ2v) is 3.58. The number of hydrogen-bond acceptors (Lipinski definition) is 2. The maximum atomic E-state index is 4.10. The molecule has 0 aromatic heterocycles. The Balaban J connectivity index is 2.46. The maximum absolute atomic E-state index is 4.10. The Morgan fingerprint density at radius 3 is 2.44 bits per heavy atom. The zero-order chi connectivity index (χ0) is 6.91. The summed E-state index contributed by atoms with van der Waals surface area (Å²) in [7, 11) is 0. The minimum absolute atomic E-state index is 0.344. The highest BCUT2D eigenvalue weighted by Crippen LogP contribution is 2.20. The summed E-state index contributed by atoms with van der Waals surface area (Å²) in [5.41, 5.74) is 0.344. The molecule has 0 aromatic rings. The van der Waals surface area contributed by atoms with E-state index >= 15 is 0 Å². The summed E-state index contributed by atoms with van der Waals surface area (Å²) in [6.07, 6.45) is 1.80. The van der Waals surface area contributed by atoms with Gasteiger partial charge in [-0.15, -0.1) is 0 Å². The summed E-state index contributed by atoms with van der Waals surface area (Å²) in [6, 6.07) is 0.539. The van der Waals surface area contributed by atoms with Gasteiger partial charge in [-0.1, -0.05) is 20.8 Å². The van der Waals surface area contributed by atoms with Gasteiger partial charge in [0.2, 0.25) is 0 Å². The van der Waals surface area contributed by atoms with Crippen LogP contribution >= 0.6 is 0 Å². The minimum Gasteiger partial charge on any atom is -0.371 e. The Labute approximate surface area is 56.4 Å². The van der Waals surface area contributed by atoms with E-state index in [2.05, 4.69) is 31.1 Å². The maximum Gasteiger partial charge on any atom is 0.0827 e. The summed E-state index contributed by atoms with van der Waals surface area (Å²) in [5.74, 6) is 0. The summed E-state index contributed by atoms with van der Waals surface area (Å²) in [5, 5.41) is 3.20. The molecule has 0 amide bonds. The monoisotopic (exact) mass is 126 g/mol. The van der Waals surface area contributed by atoms with Crippen LogP contribution in [0.2, 0.25) is 0 Å². The van der Waals surface area contributed by atoms with Crippen LogP contribution in [-0.4, -0.2) is 18.9 Å². The van der Waals surface area contributed by atoms with Crippen LogP contribution in [-0.2, 0) is 0 Å². The van der Waals surface area contributed by atoms with Crippen LogP contribution in [0, 0.1) is 5.41 Å². The first-order chi connectivity index (χ1) is 4.11. The van der Waals surface area contributed by atoms with Crippen LogP contribution in [0.25, 0.3) is 0 Å². The van der Waals surface area contributed by atoms with Gasteiger partial charge in [0.1, 0.15) is 0 Å². The van der Waals surface area contributed by atoms with Crippen molar-refractivity contribution in [1.29, 1.82) is 0 Å². The largest absolute Gasteiger partial charge is 0.371 e. The lowest BCUT2D eigenvalue weighted by atomic mass is 9.87. The molecule has 0 radical (unpaired) electrons. The van der Waals surface area contributed by atoms with Crippen molar-refractivity contribution in [1.82, 2.24) is 5.32 Å². The highest BCUT2D eigenvalue weighted by atomic mass is 15.1. The Hall–Kier alpha value is -0.530. The van der Waals surface area contributed by atoms with E-state index in [0.29, 0.717) is 11.5 Å². The molecule has 1 rings (SSSR count). The minimum atomic E-state index is 0.344. The van der Waals surface area contributed by atoms with Gasteiger partial charge in [0.05, 0.1) is 18.9 Å². The molecule has 1 aliphatic rings. The van der Waals surface area contributed by atoms with Crippen molar-refractivity contribution >= 4 is 6.34 Å². The van der Waals surface area contributed by atoms with E-state index in [0.717, 1.165) is 6.54 Å². The van der Waals surface area contributed by atoms with E-state index in [4.69, 9.17) is 0 Å². The number of rotatable bonds is 0. The predicted octanol–water partition coefficient (Wildman–Crippen LogP) is 1.03. The van der Waals surface area contributed by atoms with Crippen molar-refractivity contribution in [3.05, 3.63) is 0 Å². The van der Waals surface area contributed by atoms with Crippen LogP contribution in [0.15, 0.2) is 4.99 Å². The number of nitrogens with zero attached hydrogens (tertiary/aromatic N) is 1. The normalized spacial score (nSPS) is 26.3. The number of aliphatic imine (C=N–C) groups is 1. The molecule has 1 N–H and O–H groups in total. The van der Waals surface area contributed by atoms with E-state index in [9.17, 15) is 0 Å². The molecule has 0 saturated carbocycles. The molecule has 1 aliphatic heterocycles. The van der Waals surface area contributed by atoms with Gasteiger partial charge in [0.15, 0.2) is 0 Å². The van der Waals surface area contributed by atoms with Gasteiger partial charge < -0.3 is 5.32 Å². The van der Waals surface area contributed by atoms with Crippen molar-refractivity contribution < 1.29 is 0 Å². The average Bonchev–Trinajstić information content (AvgIpc) is 2.08. The van der Waals surface area contributed by atoms with E-state index in [-0.39, 0.29) is 0 Å². The molecule has 1 unspecified atom stereocenters. The molecule has 2 nitrogen and oxygen atoms in total. The van der Waals surface area contributed by atoms with Crippen LogP contribution in [0.5, 0.6) is 0 Å². The van der Waals surface area contributed by atoms with Gasteiger partial charge in [0.25, 0.3) is 0 Å². The quantitative estimate of drug-likeness (QED) is 0.515. The lowest BCUT2D eigenvalue weighted by Gasteiger charge is -2.25. The van der Waals surface area contributed by atoms with E-state index in [1.807, 2.05) is 0 Å². The highest BCUT2D eigenvalue weighted by molar-refractivity contribution is 5.57. The summed E-state index contributed by atoms with van der Waals surface area (Å²) < 4.78 is 0. The average molecular weight is 126 g/mol. The standard InChI is InChI=1S/C7H14N2/c1-7(2,3)6-4-8-5-9-6/h5-6H,4H2,1-3H3,(H,8,9). The van der Waals surface area contributed by atoms with Crippen molar-refractivity contribution in [3.8, 4) is 0 Å². The Morgan fingerprint density at radius 1 is 1.56 bits per heavy atom. The fourth-order valence-corrected chi connectivity index (χ4v) is 0.877. The Morgan fingerprint density at radius 2 is 2.22 bits per heavy atom. The molecule has 0 spiro atoms. The first-order valence-electron chi connectivity index (χ1n) is 3.35. The van der Waals surface area contributed by atoms with Crippen molar-refractivity contribution in [3.63, 3.8) is 0 Å². The molecule has 0 fully saturated rings. The van der Waals surface area contributed by atoms with Crippen LogP contribution < -0.4 is 5.32 Å². The second-order valence-electron chi connectivity index (χ2n) is 3.58. The third-order valence-electron chi connectivity index (χ3n) is 1.70. The molecule has 9 heavy (non-hydrogen) atoms. The van der Waals surface area contributed by atoms with Crippen LogP contribution in [0.3, 0.4) is 0 Å². The van der Waals surface area contributed by atoms with Crippen LogP contribution in [0.1, 0.15) is 20.8 Å². The molecule has 0 saturated heterocycles. The van der Waals surface area contributed by atoms with Gasteiger partial charge >= 0.3 is 0 Å². The second kappa shape index (κ2) is 2.01. The summed E-state index contributed by atoms with van der Waals surface area (Å²) >= 11 is 0. The first-order valence-corrected chi connectivity index (χ1v) is 3.35. The highest BCUT2D eigenvalue weighted by Gasteiger charge is 2.24. The fourth-order valence-electron chi connectivity index (χ4n) is 0.877. The topological polar surface area (TPSA) is 24.4 Å². The van der Waals surface area contributed by atoms with E-state index < -0.39 is 0 Å². The molecule has 0 aliphatic carbocycles. The smallest absolute Gasteiger partial charge is 0.0827 e. The lowest BCUT2D eigenvalue weighted by molar-refractivity contribution is 0.315. The molecule has 1 heterocycles. The third kappa shape index (κ3) is 1.44. The number of hydrogen-bond donors (Lipinski definition) is 1. The zero-order valence-electron chi connectivity index (χ0n) is 6.31. The molecular formula is C7H14N2. The van der Waals surface area contributed by atoms with Crippen LogP contribution in [0.4, 0.5) is 0 Å².